The van der Waals surface area contributed by atoms with Crippen LogP contribution >= 0.6 is 0 Å². The summed E-state index contributed by atoms with van der Waals surface area (Å²) < 4.78 is 12.8. The number of amides is 2. The molecule has 20 heavy (non-hydrogen) atoms. The standard InChI is InChI=1S/C15H19FN2O2/c1-10(2)18-14(19)9-13(15(18)20)17-8-7-11-3-5-12(16)6-4-11/h3-6,10,13,17H,7-9H2,1-2H3. The van der Waals surface area contributed by atoms with Crippen molar-refractivity contribution in [2.75, 3.05) is 6.54 Å². The van der Waals surface area contributed by atoms with Crippen LogP contribution < -0.4 is 5.32 Å². The average Bonchev–Trinajstić information content (AvgIpc) is 2.67. The van der Waals surface area contributed by atoms with E-state index in [1.807, 2.05) is 13.8 Å². The van der Waals surface area contributed by atoms with Crippen molar-refractivity contribution >= 4 is 11.8 Å². The van der Waals surface area contributed by atoms with Crippen LogP contribution in [0.15, 0.2) is 24.3 Å². The molecule has 0 saturated carbocycles. The number of nitrogens with zero attached hydrogens (tertiary/aromatic N) is 1. The van der Waals surface area contributed by atoms with Gasteiger partial charge >= 0.3 is 0 Å². The fourth-order valence-corrected chi connectivity index (χ4v) is 2.39. The number of halogens is 1. The lowest BCUT2D eigenvalue weighted by Crippen LogP contribution is -2.42. The number of benzene rings is 1. The van der Waals surface area contributed by atoms with Gasteiger partial charge in [-0.2, -0.15) is 0 Å². The van der Waals surface area contributed by atoms with Gasteiger partial charge in [0.1, 0.15) is 5.82 Å². The molecule has 0 aliphatic carbocycles. The second-order valence-corrected chi connectivity index (χ2v) is 5.28. The average molecular weight is 278 g/mol. The van der Waals surface area contributed by atoms with Crippen molar-refractivity contribution in [1.29, 1.82) is 0 Å². The van der Waals surface area contributed by atoms with Crippen LogP contribution in [0.1, 0.15) is 25.8 Å². The smallest absolute Gasteiger partial charge is 0.247 e. The number of imide groups is 1. The molecule has 1 atom stereocenters. The van der Waals surface area contributed by atoms with Gasteiger partial charge in [-0.3, -0.25) is 14.5 Å². The third-order valence-corrected chi connectivity index (χ3v) is 3.42. The highest BCUT2D eigenvalue weighted by Gasteiger charge is 2.39. The molecule has 1 fully saturated rings. The fourth-order valence-electron chi connectivity index (χ4n) is 2.39. The van der Waals surface area contributed by atoms with Gasteiger partial charge in [0.05, 0.1) is 12.5 Å². The van der Waals surface area contributed by atoms with Crippen LogP contribution in [-0.2, 0) is 16.0 Å². The third kappa shape index (κ3) is 3.22. The van der Waals surface area contributed by atoms with Gasteiger partial charge in [-0.25, -0.2) is 4.39 Å². The molecule has 1 aromatic carbocycles. The molecule has 1 aromatic rings. The van der Waals surface area contributed by atoms with Crippen molar-refractivity contribution in [1.82, 2.24) is 10.2 Å². The molecular formula is C15H19FN2O2. The van der Waals surface area contributed by atoms with Gasteiger partial charge < -0.3 is 5.32 Å². The molecule has 0 aromatic heterocycles. The van der Waals surface area contributed by atoms with Crippen molar-refractivity contribution < 1.29 is 14.0 Å². The maximum Gasteiger partial charge on any atom is 0.247 e. The highest BCUT2D eigenvalue weighted by atomic mass is 19.1. The molecule has 1 unspecified atom stereocenters. The van der Waals surface area contributed by atoms with Crippen molar-refractivity contribution in [2.24, 2.45) is 0 Å². The van der Waals surface area contributed by atoms with E-state index in [0.29, 0.717) is 13.0 Å². The van der Waals surface area contributed by atoms with Gasteiger partial charge in [-0.1, -0.05) is 12.1 Å². The Morgan fingerprint density at radius 3 is 2.50 bits per heavy atom. The third-order valence-electron chi connectivity index (χ3n) is 3.42. The molecule has 5 heteroatoms. The lowest BCUT2D eigenvalue weighted by molar-refractivity contribution is -0.140. The maximum absolute atomic E-state index is 12.8. The molecule has 0 radical (unpaired) electrons. The van der Waals surface area contributed by atoms with Crippen LogP contribution in [0, 0.1) is 5.82 Å². The zero-order valence-electron chi connectivity index (χ0n) is 11.7. The molecule has 0 spiro atoms. The Bertz CT molecular complexity index is 499. The van der Waals surface area contributed by atoms with Gasteiger partial charge in [0.2, 0.25) is 11.8 Å². The van der Waals surface area contributed by atoms with Crippen LogP contribution in [0.25, 0.3) is 0 Å². The van der Waals surface area contributed by atoms with Gasteiger partial charge in [-0.15, -0.1) is 0 Å². The molecule has 1 aliphatic rings. The summed E-state index contributed by atoms with van der Waals surface area (Å²) >= 11 is 0. The van der Waals surface area contributed by atoms with Crippen molar-refractivity contribution in [3.05, 3.63) is 35.6 Å². The van der Waals surface area contributed by atoms with E-state index in [0.717, 1.165) is 5.56 Å². The van der Waals surface area contributed by atoms with Crippen LogP contribution in [0.5, 0.6) is 0 Å². The first kappa shape index (κ1) is 14.7. The summed E-state index contributed by atoms with van der Waals surface area (Å²) in [5.74, 6) is -0.528. The summed E-state index contributed by atoms with van der Waals surface area (Å²) in [5, 5.41) is 3.10. The fraction of sp³-hybridized carbons (Fsp3) is 0.467. The van der Waals surface area contributed by atoms with Gasteiger partial charge in [-0.05, 0) is 44.5 Å². The molecule has 1 N–H and O–H groups in total. The Hall–Kier alpha value is -1.75. The predicted molar refractivity (Wildman–Crippen MR) is 73.5 cm³/mol. The van der Waals surface area contributed by atoms with E-state index in [2.05, 4.69) is 5.32 Å². The van der Waals surface area contributed by atoms with E-state index in [9.17, 15) is 14.0 Å². The second-order valence-electron chi connectivity index (χ2n) is 5.28. The normalized spacial score (nSPS) is 19.2. The first-order valence-electron chi connectivity index (χ1n) is 6.82. The zero-order valence-corrected chi connectivity index (χ0v) is 11.7. The topological polar surface area (TPSA) is 49.4 Å². The van der Waals surface area contributed by atoms with Crippen molar-refractivity contribution in [3.63, 3.8) is 0 Å². The summed E-state index contributed by atoms with van der Waals surface area (Å²) in [5.41, 5.74) is 0.997. The number of carbonyl (C=O) groups excluding carboxylic acids is 2. The predicted octanol–water partition coefficient (Wildman–Crippen LogP) is 1.49. The Morgan fingerprint density at radius 1 is 1.30 bits per heavy atom. The van der Waals surface area contributed by atoms with E-state index in [-0.39, 0.29) is 30.1 Å². The highest BCUT2D eigenvalue weighted by Crippen LogP contribution is 2.16. The Morgan fingerprint density at radius 2 is 1.95 bits per heavy atom. The molecule has 4 nitrogen and oxygen atoms in total. The Balaban J connectivity index is 1.84. The van der Waals surface area contributed by atoms with E-state index in [1.165, 1.54) is 17.0 Å². The van der Waals surface area contributed by atoms with E-state index in [1.54, 1.807) is 12.1 Å². The maximum atomic E-state index is 12.8. The summed E-state index contributed by atoms with van der Waals surface area (Å²) in [7, 11) is 0. The Labute approximate surface area is 118 Å². The van der Waals surface area contributed by atoms with E-state index < -0.39 is 6.04 Å². The van der Waals surface area contributed by atoms with Gasteiger partial charge in [0.25, 0.3) is 0 Å². The lowest BCUT2D eigenvalue weighted by atomic mass is 10.1. The minimum atomic E-state index is -0.426. The highest BCUT2D eigenvalue weighted by molar-refractivity contribution is 6.05. The Kier molecular flexibility index (Phi) is 4.49. The molecule has 0 bridgehead atoms. The number of hydrogen-bond donors (Lipinski definition) is 1. The molecule has 2 rings (SSSR count). The molecule has 108 valence electrons. The molecule has 1 saturated heterocycles. The number of likely N-dealkylation sites (tertiary alicyclic amines) is 1. The number of rotatable bonds is 5. The number of carbonyl (C=O) groups is 2. The molecular weight excluding hydrogens is 259 g/mol. The van der Waals surface area contributed by atoms with Gasteiger partial charge in [0.15, 0.2) is 0 Å². The van der Waals surface area contributed by atoms with Crippen LogP contribution in [0.3, 0.4) is 0 Å². The van der Waals surface area contributed by atoms with Crippen LogP contribution in [-0.4, -0.2) is 35.3 Å². The van der Waals surface area contributed by atoms with Crippen molar-refractivity contribution in [3.8, 4) is 0 Å². The molecule has 1 heterocycles. The zero-order chi connectivity index (χ0) is 14.7. The lowest BCUT2D eigenvalue weighted by Gasteiger charge is -2.19. The number of hydrogen-bond acceptors (Lipinski definition) is 3. The van der Waals surface area contributed by atoms with Crippen molar-refractivity contribution in [2.45, 2.75) is 38.8 Å². The first-order valence-corrected chi connectivity index (χ1v) is 6.82. The van der Waals surface area contributed by atoms with Crippen LogP contribution in [0.4, 0.5) is 4.39 Å². The van der Waals surface area contributed by atoms with E-state index in [4.69, 9.17) is 0 Å². The summed E-state index contributed by atoms with van der Waals surface area (Å²) in [6, 6.07) is 5.75. The second kappa shape index (κ2) is 6.13. The van der Waals surface area contributed by atoms with Crippen LogP contribution in [0.2, 0.25) is 0 Å². The van der Waals surface area contributed by atoms with E-state index >= 15 is 0 Å². The minimum absolute atomic E-state index is 0.0982. The quantitative estimate of drug-likeness (QED) is 0.830. The summed E-state index contributed by atoms with van der Waals surface area (Å²) in [6.45, 7) is 4.24. The molecule has 1 aliphatic heterocycles. The summed E-state index contributed by atoms with van der Waals surface area (Å²) in [6.07, 6.45) is 0.917. The summed E-state index contributed by atoms with van der Waals surface area (Å²) in [4.78, 5) is 25.1. The monoisotopic (exact) mass is 278 g/mol. The molecule has 2 amide bonds. The SMILES string of the molecule is CC(C)N1C(=O)CC(NCCc2ccc(F)cc2)C1=O. The van der Waals surface area contributed by atoms with Gasteiger partial charge in [0, 0.05) is 6.04 Å². The minimum Gasteiger partial charge on any atom is -0.305 e. The number of nitrogens with one attached hydrogen (secondary N) is 1. The first-order chi connectivity index (χ1) is 9.49. The largest absolute Gasteiger partial charge is 0.305 e.